The number of rotatable bonds is 4. The Morgan fingerprint density at radius 1 is 1.42 bits per heavy atom. The molecule has 19 heavy (non-hydrogen) atoms. The van der Waals surface area contributed by atoms with Gasteiger partial charge in [-0.05, 0) is 47.0 Å². The standard InChI is InChI=1S/C15H15BrN2O/c1-3-18-15(13(16)10-17-18)14(19)9-8-12-7-5-4-6-11(12)2/h4-10H,3H2,1-2H3/b9-8+. The quantitative estimate of drug-likeness (QED) is 0.633. The molecule has 1 aromatic carbocycles. The predicted molar refractivity (Wildman–Crippen MR) is 80.1 cm³/mol. The van der Waals surface area contributed by atoms with Gasteiger partial charge in [-0.3, -0.25) is 9.48 Å². The van der Waals surface area contributed by atoms with Gasteiger partial charge in [0.1, 0.15) is 5.69 Å². The number of aryl methyl sites for hydroxylation is 2. The number of hydrogen-bond acceptors (Lipinski definition) is 2. The van der Waals surface area contributed by atoms with E-state index in [9.17, 15) is 4.79 Å². The largest absolute Gasteiger partial charge is 0.288 e. The minimum Gasteiger partial charge on any atom is -0.288 e. The van der Waals surface area contributed by atoms with Gasteiger partial charge in [0.25, 0.3) is 0 Å². The van der Waals surface area contributed by atoms with Crippen LogP contribution in [0.15, 0.2) is 41.0 Å². The summed E-state index contributed by atoms with van der Waals surface area (Å²) in [6.45, 7) is 4.66. The van der Waals surface area contributed by atoms with E-state index in [0.29, 0.717) is 12.2 Å². The minimum absolute atomic E-state index is 0.0468. The Kier molecular flexibility index (Phi) is 4.32. The summed E-state index contributed by atoms with van der Waals surface area (Å²) in [5, 5.41) is 4.14. The van der Waals surface area contributed by atoms with Gasteiger partial charge in [-0.1, -0.05) is 30.3 Å². The molecule has 0 saturated carbocycles. The normalized spacial score (nSPS) is 11.1. The van der Waals surface area contributed by atoms with Crippen LogP contribution in [0, 0.1) is 6.92 Å². The lowest BCUT2D eigenvalue weighted by Gasteiger charge is -2.02. The van der Waals surface area contributed by atoms with Crippen molar-refractivity contribution < 1.29 is 4.79 Å². The maximum absolute atomic E-state index is 12.2. The molecule has 0 aliphatic carbocycles. The molecule has 0 amide bonds. The maximum Gasteiger partial charge on any atom is 0.205 e. The molecule has 0 radical (unpaired) electrons. The van der Waals surface area contributed by atoms with E-state index in [-0.39, 0.29) is 5.78 Å². The van der Waals surface area contributed by atoms with Crippen molar-refractivity contribution in [2.45, 2.75) is 20.4 Å². The second-order valence-electron chi connectivity index (χ2n) is 4.21. The van der Waals surface area contributed by atoms with E-state index >= 15 is 0 Å². The van der Waals surface area contributed by atoms with Crippen molar-refractivity contribution in [3.63, 3.8) is 0 Å². The van der Waals surface area contributed by atoms with Crippen molar-refractivity contribution in [1.29, 1.82) is 0 Å². The molecular weight excluding hydrogens is 304 g/mol. The van der Waals surface area contributed by atoms with Crippen molar-refractivity contribution in [2.24, 2.45) is 0 Å². The van der Waals surface area contributed by atoms with Gasteiger partial charge in [-0.15, -0.1) is 0 Å². The SMILES string of the molecule is CCn1ncc(Br)c1C(=O)/C=C/c1ccccc1C. The monoisotopic (exact) mass is 318 g/mol. The summed E-state index contributed by atoms with van der Waals surface area (Å²) in [4.78, 5) is 12.2. The first-order chi connectivity index (χ1) is 9.13. The van der Waals surface area contributed by atoms with Crippen LogP contribution in [0.25, 0.3) is 6.08 Å². The molecule has 4 heteroatoms. The first-order valence-electron chi connectivity index (χ1n) is 6.12. The van der Waals surface area contributed by atoms with E-state index in [2.05, 4.69) is 21.0 Å². The molecule has 2 rings (SSSR count). The smallest absolute Gasteiger partial charge is 0.205 e. The Morgan fingerprint density at radius 2 is 2.16 bits per heavy atom. The van der Waals surface area contributed by atoms with Crippen molar-refractivity contribution in [1.82, 2.24) is 9.78 Å². The average molecular weight is 319 g/mol. The Hall–Kier alpha value is -1.68. The first kappa shape index (κ1) is 13.7. The third-order valence-electron chi connectivity index (χ3n) is 2.93. The van der Waals surface area contributed by atoms with Crippen molar-refractivity contribution in [3.8, 4) is 0 Å². The highest BCUT2D eigenvalue weighted by Gasteiger charge is 2.13. The summed E-state index contributed by atoms with van der Waals surface area (Å²) in [7, 11) is 0. The van der Waals surface area contributed by atoms with Gasteiger partial charge in [0, 0.05) is 6.54 Å². The summed E-state index contributed by atoms with van der Waals surface area (Å²) in [5.41, 5.74) is 2.79. The van der Waals surface area contributed by atoms with Crippen LogP contribution in [-0.4, -0.2) is 15.6 Å². The molecule has 0 unspecified atom stereocenters. The molecule has 0 N–H and O–H groups in total. The fourth-order valence-electron chi connectivity index (χ4n) is 1.87. The number of hydrogen-bond donors (Lipinski definition) is 0. The van der Waals surface area contributed by atoms with Gasteiger partial charge < -0.3 is 0 Å². The van der Waals surface area contributed by atoms with E-state index in [1.165, 1.54) is 0 Å². The van der Waals surface area contributed by atoms with Crippen molar-refractivity contribution in [3.05, 3.63) is 57.8 Å². The van der Waals surface area contributed by atoms with Crippen LogP contribution in [0.1, 0.15) is 28.5 Å². The van der Waals surface area contributed by atoms with Crippen LogP contribution < -0.4 is 0 Å². The Bertz CT molecular complexity index is 629. The number of allylic oxidation sites excluding steroid dienone is 1. The molecule has 1 aromatic heterocycles. The Balaban J connectivity index is 2.26. The van der Waals surface area contributed by atoms with E-state index in [0.717, 1.165) is 15.6 Å². The summed E-state index contributed by atoms with van der Waals surface area (Å²) >= 11 is 3.36. The van der Waals surface area contributed by atoms with Crippen LogP contribution in [0.4, 0.5) is 0 Å². The van der Waals surface area contributed by atoms with Gasteiger partial charge >= 0.3 is 0 Å². The third kappa shape index (κ3) is 3.01. The first-order valence-corrected chi connectivity index (χ1v) is 6.92. The fraction of sp³-hybridized carbons (Fsp3) is 0.200. The maximum atomic E-state index is 12.2. The predicted octanol–water partition coefficient (Wildman–Crippen LogP) is 3.87. The number of ketones is 1. The number of carbonyl (C=O) groups excluding carboxylic acids is 1. The lowest BCUT2D eigenvalue weighted by molar-refractivity contribution is 0.103. The number of nitrogens with zero attached hydrogens (tertiary/aromatic N) is 2. The highest BCUT2D eigenvalue weighted by Crippen LogP contribution is 2.18. The molecule has 0 spiro atoms. The van der Waals surface area contributed by atoms with Gasteiger partial charge in [-0.25, -0.2) is 0 Å². The molecule has 1 heterocycles. The highest BCUT2D eigenvalue weighted by molar-refractivity contribution is 9.10. The lowest BCUT2D eigenvalue weighted by atomic mass is 10.1. The zero-order valence-corrected chi connectivity index (χ0v) is 12.5. The molecule has 98 valence electrons. The number of benzene rings is 1. The van der Waals surface area contributed by atoms with E-state index in [4.69, 9.17) is 0 Å². The molecule has 0 saturated heterocycles. The molecule has 0 aliphatic rings. The van der Waals surface area contributed by atoms with Crippen molar-refractivity contribution in [2.75, 3.05) is 0 Å². The zero-order valence-electron chi connectivity index (χ0n) is 10.9. The third-order valence-corrected chi connectivity index (χ3v) is 3.51. The topological polar surface area (TPSA) is 34.9 Å². The molecule has 2 aromatic rings. The van der Waals surface area contributed by atoms with Crippen LogP contribution >= 0.6 is 15.9 Å². The van der Waals surface area contributed by atoms with Gasteiger partial charge in [0.05, 0.1) is 10.7 Å². The van der Waals surface area contributed by atoms with Gasteiger partial charge in [0.2, 0.25) is 5.78 Å². The average Bonchev–Trinajstić information content (AvgIpc) is 2.78. The molecule has 0 fully saturated rings. The molecule has 0 aliphatic heterocycles. The fourth-order valence-corrected chi connectivity index (χ4v) is 2.36. The van der Waals surface area contributed by atoms with Crippen LogP contribution in [0.3, 0.4) is 0 Å². The zero-order chi connectivity index (χ0) is 13.8. The van der Waals surface area contributed by atoms with Crippen molar-refractivity contribution >= 4 is 27.8 Å². The summed E-state index contributed by atoms with van der Waals surface area (Å²) in [6, 6.07) is 7.96. The minimum atomic E-state index is -0.0468. The summed E-state index contributed by atoms with van der Waals surface area (Å²) in [6.07, 6.45) is 5.09. The van der Waals surface area contributed by atoms with Crippen LogP contribution in [0.2, 0.25) is 0 Å². The summed E-state index contributed by atoms with van der Waals surface area (Å²) < 4.78 is 2.42. The van der Waals surface area contributed by atoms with E-state index in [1.807, 2.05) is 44.2 Å². The van der Waals surface area contributed by atoms with E-state index in [1.54, 1.807) is 17.0 Å². The van der Waals surface area contributed by atoms with Crippen LogP contribution in [0.5, 0.6) is 0 Å². The highest BCUT2D eigenvalue weighted by atomic mass is 79.9. The van der Waals surface area contributed by atoms with Crippen LogP contribution in [-0.2, 0) is 6.54 Å². The Labute approximate surface area is 121 Å². The lowest BCUT2D eigenvalue weighted by Crippen LogP contribution is -2.07. The van der Waals surface area contributed by atoms with Gasteiger partial charge in [0.15, 0.2) is 0 Å². The Morgan fingerprint density at radius 3 is 2.84 bits per heavy atom. The van der Waals surface area contributed by atoms with E-state index < -0.39 is 0 Å². The molecule has 0 bridgehead atoms. The summed E-state index contributed by atoms with van der Waals surface area (Å²) in [5.74, 6) is -0.0468. The second kappa shape index (κ2) is 5.97. The molecular formula is C15H15BrN2O. The molecule has 0 atom stereocenters. The number of aromatic nitrogens is 2. The number of halogens is 1. The number of carbonyl (C=O) groups is 1. The van der Waals surface area contributed by atoms with Gasteiger partial charge in [-0.2, -0.15) is 5.10 Å². The molecule has 3 nitrogen and oxygen atoms in total. The second-order valence-corrected chi connectivity index (χ2v) is 5.07.